The fourth-order valence-corrected chi connectivity index (χ4v) is 5.10. The first-order valence-corrected chi connectivity index (χ1v) is 13.4. The van der Waals surface area contributed by atoms with Gasteiger partial charge in [0, 0.05) is 38.9 Å². The normalized spacial score (nSPS) is 15.9. The second kappa shape index (κ2) is 13.1. The Morgan fingerprint density at radius 2 is 1.87 bits per heavy atom. The van der Waals surface area contributed by atoms with Crippen LogP contribution >= 0.6 is 0 Å². The maximum absolute atomic E-state index is 13.0. The molecule has 13 heteroatoms. The molecule has 2 aromatic carbocycles. The smallest absolute Gasteiger partial charge is 0.325 e. The Morgan fingerprint density at radius 3 is 2.45 bits per heavy atom. The number of nitrogens with zero attached hydrogens (tertiary/aromatic N) is 4. The van der Waals surface area contributed by atoms with Crippen molar-refractivity contribution < 1.29 is 22.7 Å². The molecular formula is C25H33N7O5S. The van der Waals surface area contributed by atoms with Crippen LogP contribution in [-0.4, -0.2) is 81.6 Å². The summed E-state index contributed by atoms with van der Waals surface area (Å²) >= 11 is 0. The minimum absolute atomic E-state index is 0.0899. The number of anilines is 1. The average molecular weight is 544 g/mol. The molecular weight excluding hydrogens is 510 g/mol. The van der Waals surface area contributed by atoms with Gasteiger partial charge in [-0.25, -0.2) is 5.01 Å². The molecule has 0 saturated carbocycles. The summed E-state index contributed by atoms with van der Waals surface area (Å²) in [6.45, 7) is 2.77. The fraction of sp³-hybridized carbons (Fsp3) is 0.360. The van der Waals surface area contributed by atoms with E-state index in [1.165, 1.54) is 16.4 Å². The summed E-state index contributed by atoms with van der Waals surface area (Å²) < 4.78 is 36.3. The summed E-state index contributed by atoms with van der Waals surface area (Å²) in [7, 11) is -0.889. The van der Waals surface area contributed by atoms with Crippen molar-refractivity contribution in [3.05, 3.63) is 65.7 Å². The molecule has 2 amide bonds. The lowest BCUT2D eigenvalue weighted by atomic mass is 9.90. The topological polar surface area (TPSA) is 159 Å². The summed E-state index contributed by atoms with van der Waals surface area (Å²) in [6, 6.07) is 16.8. The van der Waals surface area contributed by atoms with Crippen LogP contribution in [0.25, 0.3) is 0 Å². The zero-order valence-corrected chi connectivity index (χ0v) is 22.4. The van der Waals surface area contributed by atoms with E-state index in [2.05, 4.69) is 15.0 Å². The summed E-state index contributed by atoms with van der Waals surface area (Å²) in [5.41, 5.74) is 8.07. The molecule has 0 fully saturated rings. The quantitative estimate of drug-likeness (QED) is 0.217. The van der Waals surface area contributed by atoms with E-state index in [1.54, 1.807) is 38.2 Å². The Labute approximate surface area is 222 Å². The molecule has 1 aliphatic rings. The zero-order chi connectivity index (χ0) is 27.7. The molecule has 0 bridgehead atoms. The molecule has 1 aliphatic heterocycles. The van der Waals surface area contributed by atoms with E-state index in [0.29, 0.717) is 17.9 Å². The highest BCUT2D eigenvalue weighted by molar-refractivity contribution is 7.87. The van der Waals surface area contributed by atoms with E-state index in [0.717, 1.165) is 11.1 Å². The molecule has 0 saturated heterocycles. The van der Waals surface area contributed by atoms with Crippen molar-refractivity contribution in [3.63, 3.8) is 0 Å². The van der Waals surface area contributed by atoms with Gasteiger partial charge < -0.3 is 21.1 Å². The molecule has 1 unspecified atom stereocenters. The second-order valence-electron chi connectivity index (χ2n) is 8.43. The molecule has 38 heavy (non-hydrogen) atoms. The molecule has 4 N–H and O–H groups in total. The molecule has 0 aliphatic carbocycles. The third-order valence-electron chi connectivity index (χ3n) is 5.81. The first-order chi connectivity index (χ1) is 18.2. The molecule has 0 spiro atoms. The number of nitrogens with one attached hydrogen (secondary N) is 2. The predicted molar refractivity (Wildman–Crippen MR) is 146 cm³/mol. The van der Waals surface area contributed by atoms with Crippen LogP contribution in [0.1, 0.15) is 30.4 Å². The van der Waals surface area contributed by atoms with E-state index in [-0.39, 0.29) is 31.6 Å². The fourth-order valence-electron chi connectivity index (χ4n) is 3.95. The lowest BCUT2D eigenvalue weighted by Crippen LogP contribution is -2.39. The van der Waals surface area contributed by atoms with Gasteiger partial charge in [0.2, 0.25) is 17.8 Å². The molecule has 1 heterocycles. The van der Waals surface area contributed by atoms with Gasteiger partial charge in [-0.2, -0.15) is 17.8 Å². The van der Waals surface area contributed by atoms with Gasteiger partial charge in [0.25, 0.3) is 0 Å². The van der Waals surface area contributed by atoms with Gasteiger partial charge in [0.1, 0.15) is 6.42 Å². The van der Waals surface area contributed by atoms with Crippen molar-refractivity contribution in [1.29, 1.82) is 0 Å². The number of hydrazone groups is 1. The van der Waals surface area contributed by atoms with Crippen LogP contribution in [0, 0.1) is 0 Å². The number of carbonyl (C=O) groups excluding carboxylic acids is 2. The van der Waals surface area contributed by atoms with Crippen LogP contribution in [0.4, 0.5) is 5.69 Å². The number of methoxy groups -OCH3 is 1. The number of hydrogen-bond acceptors (Lipinski definition) is 6. The second-order valence-corrected chi connectivity index (χ2v) is 10.0. The minimum atomic E-state index is -3.99. The van der Waals surface area contributed by atoms with E-state index in [1.807, 2.05) is 30.3 Å². The van der Waals surface area contributed by atoms with Crippen molar-refractivity contribution in [2.45, 2.75) is 19.3 Å². The number of ether oxygens (including phenoxy) is 1. The molecule has 0 radical (unpaired) electrons. The Kier molecular flexibility index (Phi) is 9.93. The van der Waals surface area contributed by atoms with Gasteiger partial charge in [-0.1, -0.05) is 49.4 Å². The Hall–Kier alpha value is -3.81. The maximum atomic E-state index is 13.0. The van der Waals surface area contributed by atoms with Crippen LogP contribution in [0.15, 0.2) is 64.1 Å². The van der Waals surface area contributed by atoms with E-state index < -0.39 is 28.4 Å². The first kappa shape index (κ1) is 28.8. The largest absolute Gasteiger partial charge is 0.383 e. The summed E-state index contributed by atoms with van der Waals surface area (Å²) in [6.07, 6.45) is -0.407. The number of guanidine groups is 1. The number of likely N-dealkylation sites (N-methyl/N-ethyl adjacent to an activating group) is 1. The Morgan fingerprint density at radius 1 is 1.18 bits per heavy atom. The van der Waals surface area contributed by atoms with Crippen LogP contribution in [0.3, 0.4) is 0 Å². The minimum Gasteiger partial charge on any atom is -0.383 e. The number of nitrogens with two attached hydrogens (primary N) is 1. The number of carbonyl (C=O) groups is 2. The lowest BCUT2D eigenvalue weighted by Gasteiger charge is -2.21. The SMILES string of the molecule is CCN(CCOC)S(=O)(=O)/N=C(\NC)N1CC(c2ccccc2)C(c2ccc(NC(=O)CC(N)=O)cc2)=N1. The number of amides is 2. The maximum Gasteiger partial charge on any atom is 0.325 e. The van der Waals surface area contributed by atoms with Crippen molar-refractivity contribution in [2.24, 2.45) is 15.2 Å². The van der Waals surface area contributed by atoms with Crippen LogP contribution in [0.5, 0.6) is 0 Å². The van der Waals surface area contributed by atoms with Crippen molar-refractivity contribution in [3.8, 4) is 0 Å². The van der Waals surface area contributed by atoms with Gasteiger partial charge in [-0.3, -0.25) is 9.59 Å². The zero-order valence-electron chi connectivity index (χ0n) is 21.6. The monoisotopic (exact) mass is 543 g/mol. The van der Waals surface area contributed by atoms with Crippen molar-refractivity contribution in [1.82, 2.24) is 14.6 Å². The van der Waals surface area contributed by atoms with E-state index in [4.69, 9.17) is 15.6 Å². The molecule has 0 aromatic heterocycles. The summed E-state index contributed by atoms with van der Waals surface area (Å²) in [5, 5.41) is 11.8. The van der Waals surface area contributed by atoms with Crippen molar-refractivity contribution >= 4 is 39.4 Å². The molecule has 1 atom stereocenters. The molecule has 12 nitrogen and oxygen atoms in total. The third-order valence-corrected chi connectivity index (χ3v) is 7.31. The predicted octanol–water partition coefficient (Wildman–Crippen LogP) is 1.09. The lowest BCUT2D eigenvalue weighted by molar-refractivity contribution is -0.124. The number of rotatable bonds is 11. The van der Waals surface area contributed by atoms with Gasteiger partial charge in [0.15, 0.2) is 0 Å². The number of hydrogen-bond donors (Lipinski definition) is 3. The third kappa shape index (κ3) is 7.37. The average Bonchev–Trinajstić information content (AvgIpc) is 3.33. The van der Waals surface area contributed by atoms with Crippen LogP contribution in [0.2, 0.25) is 0 Å². The molecule has 3 rings (SSSR count). The van der Waals surface area contributed by atoms with Gasteiger partial charge in [0.05, 0.1) is 18.9 Å². The highest BCUT2D eigenvalue weighted by Crippen LogP contribution is 2.29. The van der Waals surface area contributed by atoms with Gasteiger partial charge >= 0.3 is 10.2 Å². The van der Waals surface area contributed by atoms with E-state index >= 15 is 0 Å². The van der Waals surface area contributed by atoms with Crippen LogP contribution in [-0.2, 0) is 24.5 Å². The van der Waals surface area contributed by atoms with Gasteiger partial charge in [-0.05, 0) is 23.3 Å². The van der Waals surface area contributed by atoms with Gasteiger partial charge in [-0.15, -0.1) is 4.40 Å². The Bertz CT molecular complexity index is 1280. The van der Waals surface area contributed by atoms with E-state index in [9.17, 15) is 18.0 Å². The number of primary amides is 1. The number of benzene rings is 2. The highest BCUT2D eigenvalue weighted by Gasteiger charge is 2.32. The van der Waals surface area contributed by atoms with Crippen LogP contribution < -0.4 is 16.4 Å². The standard InChI is InChI=1S/C25H33N7O5S/c1-4-31(14-15-37-3)38(35,36)30-25(27-2)32-17-21(18-8-6-5-7-9-18)24(29-32)19-10-12-20(13-11-19)28-23(34)16-22(26)33/h5-13,21H,4,14-17H2,1-3H3,(H2,26,33)(H,27,30)(H,28,34). The first-order valence-electron chi connectivity index (χ1n) is 12.0. The Balaban J connectivity index is 1.94. The summed E-state index contributed by atoms with van der Waals surface area (Å²) in [5.74, 6) is -1.30. The summed E-state index contributed by atoms with van der Waals surface area (Å²) in [4.78, 5) is 22.8. The molecule has 204 valence electrons. The van der Waals surface area contributed by atoms with Crippen molar-refractivity contribution in [2.75, 3.05) is 45.7 Å². The molecule has 2 aromatic rings. The highest BCUT2D eigenvalue weighted by atomic mass is 32.2.